The van der Waals surface area contributed by atoms with E-state index in [-0.39, 0.29) is 17.2 Å². The quantitative estimate of drug-likeness (QED) is 0.384. The lowest BCUT2D eigenvalue weighted by Gasteiger charge is -2.29. The topological polar surface area (TPSA) is 107 Å². The van der Waals surface area contributed by atoms with Gasteiger partial charge in [0.2, 0.25) is 11.0 Å². The Kier molecular flexibility index (Phi) is 7.89. The molecule has 0 radical (unpaired) electrons. The van der Waals surface area contributed by atoms with Gasteiger partial charge in [-0.25, -0.2) is 9.19 Å². The van der Waals surface area contributed by atoms with E-state index in [9.17, 15) is 22.2 Å². The van der Waals surface area contributed by atoms with Crippen molar-refractivity contribution >= 4 is 39.8 Å². The van der Waals surface area contributed by atoms with Crippen LogP contribution in [0.3, 0.4) is 0 Å². The second-order valence-corrected chi connectivity index (χ2v) is 9.39. The molecule has 0 spiro atoms. The predicted molar refractivity (Wildman–Crippen MR) is 137 cm³/mol. The smallest absolute Gasteiger partial charge is 0.378 e. The van der Waals surface area contributed by atoms with Crippen LogP contribution in [0, 0.1) is 5.41 Å². The highest BCUT2D eigenvalue weighted by atomic mass is 32.2. The summed E-state index contributed by atoms with van der Waals surface area (Å²) in [4.78, 5) is 19.0. The summed E-state index contributed by atoms with van der Waals surface area (Å²) < 4.78 is 56.8. The number of anilines is 3. The molecule has 1 aliphatic heterocycles. The van der Waals surface area contributed by atoms with Gasteiger partial charge in [0.25, 0.3) is 5.91 Å². The molecule has 1 unspecified atom stereocenters. The first-order chi connectivity index (χ1) is 17.6. The molecule has 37 heavy (non-hydrogen) atoms. The summed E-state index contributed by atoms with van der Waals surface area (Å²) in [7, 11) is -3.60. The number of hydrogen-bond acceptors (Lipinski definition) is 7. The van der Waals surface area contributed by atoms with E-state index in [4.69, 9.17) is 10.1 Å². The van der Waals surface area contributed by atoms with Crippen LogP contribution in [0.4, 0.5) is 30.4 Å². The highest BCUT2D eigenvalue weighted by molar-refractivity contribution is 7.84. The molecule has 1 aromatic heterocycles. The van der Waals surface area contributed by atoms with Crippen LogP contribution in [0.1, 0.15) is 23.0 Å². The van der Waals surface area contributed by atoms with Crippen LogP contribution in [0.25, 0.3) is 11.1 Å². The zero-order valence-electron chi connectivity index (χ0n) is 19.8. The number of pyridine rings is 1. The number of benzene rings is 2. The minimum absolute atomic E-state index is 0.108. The van der Waals surface area contributed by atoms with E-state index in [1.165, 1.54) is 10.8 Å². The lowest BCUT2D eigenvalue weighted by molar-refractivity contribution is -0.0393. The summed E-state index contributed by atoms with van der Waals surface area (Å²) in [6.45, 7) is 4.28. The number of alkyl halides is 3. The Balaban J connectivity index is 1.79. The molecule has 1 amide bonds. The summed E-state index contributed by atoms with van der Waals surface area (Å²) in [5, 5.41) is 11.5. The van der Waals surface area contributed by atoms with Gasteiger partial charge in [-0.1, -0.05) is 30.3 Å². The van der Waals surface area contributed by atoms with Crippen LogP contribution in [-0.4, -0.2) is 52.6 Å². The first kappa shape index (κ1) is 26.3. The first-order valence-corrected chi connectivity index (χ1v) is 12.4. The molecule has 1 atom stereocenters. The van der Waals surface area contributed by atoms with Crippen LogP contribution < -0.4 is 14.9 Å². The highest BCUT2D eigenvalue weighted by Crippen LogP contribution is 2.33. The number of hydrogen-bond donors (Lipinski definition) is 3. The molecule has 2 aromatic carbocycles. The molecule has 0 aliphatic carbocycles. The van der Waals surface area contributed by atoms with E-state index in [0.29, 0.717) is 35.6 Å². The number of morpholine rings is 1. The zero-order valence-corrected chi connectivity index (χ0v) is 20.6. The summed E-state index contributed by atoms with van der Waals surface area (Å²) >= 11 is 0. The number of carbonyl (C=O) groups is 1. The molecule has 4 rings (SSSR count). The van der Waals surface area contributed by atoms with E-state index in [0.717, 1.165) is 18.8 Å². The highest BCUT2D eigenvalue weighted by Gasteiger charge is 2.39. The molecule has 8 nitrogen and oxygen atoms in total. The number of halogens is 3. The fraction of sp³-hybridized carbons (Fsp3) is 0.240. The van der Waals surface area contributed by atoms with Gasteiger partial charge in [0.1, 0.15) is 11.5 Å². The van der Waals surface area contributed by atoms with E-state index in [2.05, 4.69) is 15.2 Å². The van der Waals surface area contributed by atoms with Gasteiger partial charge in [0, 0.05) is 35.7 Å². The Bertz CT molecular complexity index is 1310. The van der Waals surface area contributed by atoms with Crippen molar-refractivity contribution in [2.24, 2.45) is 0 Å². The number of amides is 1. The lowest BCUT2D eigenvalue weighted by Crippen LogP contribution is -2.36. The maximum atomic E-state index is 12.8. The average molecular weight is 532 g/mol. The third-order valence-corrected chi connectivity index (χ3v) is 6.41. The van der Waals surface area contributed by atoms with Gasteiger partial charge in [0.15, 0.2) is 0 Å². The molecule has 12 heteroatoms. The van der Waals surface area contributed by atoms with E-state index >= 15 is 0 Å². The maximum absolute atomic E-state index is 12.8. The van der Waals surface area contributed by atoms with E-state index < -0.39 is 22.4 Å². The second kappa shape index (κ2) is 11.1. The first-order valence-electron chi connectivity index (χ1n) is 11.3. The summed E-state index contributed by atoms with van der Waals surface area (Å²) in [6, 6.07) is 17.6. The Morgan fingerprint density at radius 3 is 2.32 bits per heavy atom. The molecular weight excluding hydrogens is 507 g/mol. The summed E-state index contributed by atoms with van der Waals surface area (Å²) in [5.41, 5.74) is -2.39. The second-order valence-electron chi connectivity index (χ2n) is 8.19. The van der Waals surface area contributed by atoms with Crippen molar-refractivity contribution in [2.75, 3.05) is 36.5 Å². The fourth-order valence-electron chi connectivity index (χ4n) is 3.89. The van der Waals surface area contributed by atoms with Crippen LogP contribution in [0.5, 0.6) is 0 Å². The SMILES string of the molecule is CC(=N)c1c(-c2ccc(N3CCOCC3)cc2)cc(C(=O)NS(=O)C(F)(F)F)nc1Nc1ccccc1. The van der Waals surface area contributed by atoms with Gasteiger partial charge in [-0.3, -0.25) is 9.52 Å². The van der Waals surface area contributed by atoms with Crippen molar-refractivity contribution in [3.63, 3.8) is 0 Å². The fourth-order valence-corrected chi connectivity index (χ4v) is 4.27. The van der Waals surface area contributed by atoms with Crippen LogP contribution in [-0.2, 0) is 15.7 Å². The molecule has 1 saturated heterocycles. The average Bonchev–Trinajstić information content (AvgIpc) is 2.88. The molecule has 3 N–H and O–H groups in total. The predicted octanol–water partition coefficient (Wildman–Crippen LogP) is 4.63. The van der Waals surface area contributed by atoms with Crippen LogP contribution >= 0.6 is 0 Å². The summed E-state index contributed by atoms with van der Waals surface area (Å²) in [6.07, 6.45) is 0. The number of ether oxygens (including phenoxy) is 1. The van der Waals surface area contributed by atoms with Gasteiger partial charge < -0.3 is 20.4 Å². The van der Waals surface area contributed by atoms with Gasteiger partial charge in [-0.05, 0) is 48.4 Å². The van der Waals surface area contributed by atoms with Crippen molar-refractivity contribution < 1.29 is 26.9 Å². The van der Waals surface area contributed by atoms with E-state index in [1.807, 2.05) is 24.3 Å². The largest absolute Gasteiger partial charge is 0.490 e. The third kappa shape index (κ3) is 6.33. The molecule has 0 saturated carbocycles. The van der Waals surface area contributed by atoms with Crippen LogP contribution in [0.2, 0.25) is 0 Å². The number of nitrogens with one attached hydrogen (secondary N) is 3. The van der Waals surface area contributed by atoms with Gasteiger partial charge in [-0.15, -0.1) is 0 Å². The Labute approximate surface area is 214 Å². The monoisotopic (exact) mass is 531 g/mol. The van der Waals surface area contributed by atoms with Crippen molar-refractivity contribution in [1.82, 2.24) is 9.71 Å². The van der Waals surface area contributed by atoms with E-state index in [1.54, 1.807) is 37.3 Å². The zero-order chi connectivity index (χ0) is 26.6. The Morgan fingerprint density at radius 1 is 1.08 bits per heavy atom. The van der Waals surface area contributed by atoms with Crippen molar-refractivity contribution in [3.8, 4) is 11.1 Å². The third-order valence-electron chi connectivity index (χ3n) is 5.61. The van der Waals surface area contributed by atoms with Gasteiger partial charge >= 0.3 is 5.51 Å². The van der Waals surface area contributed by atoms with Crippen LogP contribution in [0.15, 0.2) is 60.7 Å². The number of aromatic nitrogens is 1. The van der Waals surface area contributed by atoms with Gasteiger partial charge in [0.05, 0.1) is 13.2 Å². The molecule has 1 fully saturated rings. The summed E-state index contributed by atoms with van der Waals surface area (Å²) in [5.74, 6) is -1.15. The number of carbonyl (C=O) groups excluding carboxylic acids is 1. The molecule has 194 valence electrons. The molecule has 1 aliphatic rings. The maximum Gasteiger partial charge on any atom is 0.490 e. The molecule has 2 heterocycles. The van der Waals surface area contributed by atoms with Crippen molar-refractivity contribution in [1.29, 1.82) is 5.41 Å². The number of para-hydroxylation sites is 1. The lowest BCUT2D eigenvalue weighted by atomic mass is 9.96. The molecule has 0 bridgehead atoms. The van der Waals surface area contributed by atoms with Crippen molar-refractivity contribution in [3.05, 3.63) is 71.9 Å². The minimum atomic E-state index is -5.12. The van der Waals surface area contributed by atoms with Crippen molar-refractivity contribution in [2.45, 2.75) is 12.4 Å². The molecular formula is C25H24F3N5O3S. The Morgan fingerprint density at radius 2 is 1.73 bits per heavy atom. The number of nitrogens with zero attached hydrogens (tertiary/aromatic N) is 2. The molecule has 3 aromatic rings. The Hall–Kier alpha value is -3.77. The van der Waals surface area contributed by atoms with Gasteiger partial charge in [-0.2, -0.15) is 13.2 Å². The normalized spacial score (nSPS) is 14.6. The standard InChI is InChI=1S/C25H24F3N5O3S/c1-16(29)22-20(17-7-9-19(10-8-17)33-11-13-36-14-12-33)15-21(24(34)32-37(35)25(26,27)28)31-23(22)30-18-5-3-2-4-6-18/h2-10,15,29H,11-14H2,1H3,(H,30,31)(H,32,34). The number of rotatable bonds is 7. The minimum Gasteiger partial charge on any atom is -0.378 e.